The first-order valence-corrected chi connectivity index (χ1v) is 8.25. The van der Waals surface area contributed by atoms with Crippen LogP contribution in [0.3, 0.4) is 0 Å². The standard InChI is InChI=1S/C19H16BrN3O2/c1-12-8-16(6-7-18(12)20)22-11-15(10-21)19(25)23-17-5-3-4-14(9-17)13(2)24/h3-9,11,22H,1-2H3,(H,23,25)/b15-11-. The second-order valence-corrected chi connectivity index (χ2v) is 6.22. The highest BCUT2D eigenvalue weighted by molar-refractivity contribution is 9.10. The Hall–Kier alpha value is -2.91. The Labute approximate surface area is 154 Å². The molecule has 0 aliphatic rings. The molecule has 2 N–H and O–H groups in total. The summed E-state index contributed by atoms with van der Waals surface area (Å²) in [5.41, 5.74) is 2.66. The monoisotopic (exact) mass is 397 g/mol. The largest absolute Gasteiger partial charge is 0.360 e. The summed E-state index contributed by atoms with van der Waals surface area (Å²) < 4.78 is 0.977. The third-order valence-corrected chi connectivity index (χ3v) is 4.32. The molecule has 0 aromatic heterocycles. The van der Waals surface area contributed by atoms with Crippen LogP contribution in [0.15, 0.2) is 58.7 Å². The molecule has 6 heteroatoms. The highest BCUT2D eigenvalue weighted by atomic mass is 79.9. The van der Waals surface area contributed by atoms with Gasteiger partial charge in [0.2, 0.25) is 0 Å². The van der Waals surface area contributed by atoms with Gasteiger partial charge in [-0.2, -0.15) is 5.26 Å². The Morgan fingerprint density at radius 1 is 1.16 bits per heavy atom. The van der Waals surface area contributed by atoms with Gasteiger partial charge in [0.15, 0.2) is 5.78 Å². The number of benzene rings is 2. The number of hydrogen-bond acceptors (Lipinski definition) is 4. The number of ketones is 1. The summed E-state index contributed by atoms with van der Waals surface area (Å²) in [4.78, 5) is 23.6. The molecular weight excluding hydrogens is 382 g/mol. The highest BCUT2D eigenvalue weighted by Gasteiger charge is 2.10. The highest BCUT2D eigenvalue weighted by Crippen LogP contribution is 2.20. The van der Waals surface area contributed by atoms with Gasteiger partial charge >= 0.3 is 0 Å². The fourth-order valence-electron chi connectivity index (χ4n) is 2.05. The SMILES string of the molecule is CC(=O)c1cccc(NC(=O)/C(C#N)=C\Nc2ccc(Br)c(C)c2)c1. The molecule has 2 rings (SSSR count). The average Bonchev–Trinajstić information content (AvgIpc) is 2.58. The van der Waals surface area contributed by atoms with Gasteiger partial charge in [0.05, 0.1) is 0 Å². The number of Topliss-reactive ketones (excluding diaryl/α,β-unsaturated/α-hetero) is 1. The normalized spacial score (nSPS) is 10.7. The van der Waals surface area contributed by atoms with E-state index in [4.69, 9.17) is 0 Å². The lowest BCUT2D eigenvalue weighted by Crippen LogP contribution is -2.14. The Morgan fingerprint density at radius 2 is 1.92 bits per heavy atom. The van der Waals surface area contributed by atoms with E-state index in [-0.39, 0.29) is 11.4 Å². The number of nitriles is 1. The van der Waals surface area contributed by atoms with Crippen molar-refractivity contribution in [2.75, 3.05) is 10.6 Å². The average molecular weight is 398 g/mol. The van der Waals surface area contributed by atoms with Crippen molar-refractivity contribution >= 4 is 39.0 Å². The number of nitrogens with one attached hydrogen (secondary N) is 2. The van der Waals surface area contributed by atoms with Gasteiger partial charge in [-0.05, 0) is 49.7 Å². The minimum Gasteiger partial charge on any atom is -0.360 e. The second-order valence-electron chi connectivity index (χ2n) is 5.37. The number of amides is 1. The molecule has 2 aromatic rings. The van der Waals surface area contributed by atoms with Crippen LogP contribution in [0.4, 0.5) is 11.4 Å². The molecule has 25 heavy (non-hydrogen) atoms. The Morgan fingerprint density at radius 3 is 2.56 bits per heavy atom. The molecule has 1 amide bonds. The van der Waals surface area contributed by atoms with E-state index in [1.165, 1.54) is 13.1 Å². The van der Waals surface area contributed by atoms with Gasteiger partial charge in [0.1, 0.15) is 11.6 Å². The van der Waals surface area contributed by atoms with Crippen molar-refractivity contribution in [2.24, 2.45) is 0 Å². The molecule has 2 aromatic carbocycles. The van der Waals surface area contributed by atoms with Crippen LogP contribution in [-0.2, 0) is 4.79 Å². The molecule has 0 aliphatic heterocycles. The summed E-state index contributed by atoms with van der Waals surface area (Å²) in [5, 5.41) is 14.8. The van der Waals surface area contributed by atoms with Gasteiger partial charge < -0.3 is 10.6 Å². The third-order valence-electron chi connectivity index (χ3n) is 3.43. The molecule has 0 atom stereocenters. The molecule has 0 bridgehead atoms. The first-order valence-electron chi connectivity index (χ1n) is 7.46. The number of carbonyl (C=O) groups excluding carboxylic acids is 2. The summed E-state index contributed by atoms with van der Waals surface area (Å²) in [6, 6.07) is 14.0. The molecule has 0 spiro atoms. The molecule has 0 saturated carbocycles. The topological polar surface area (TPSA) is 82.0 Å². The zero-order valence-electron chi connectivity index (χ0n) is 13.8. The van der Waals surface area contributed by atoms with Crippen LogP contribution in [0, 0.1) is 18.3 Å². The summed E-state index contributed by atoms with van der Waals surface area (Å²) in [6.45, 7) is 3.39. The van der Waals surface area contributed by atoms with E-state index in [2.05, 4.69) is 26.6 Å². The minimum atomic E-state index is -0.551. The van der Waals surface area contributed by atoms with Crippen molar-refractivity contribution in [2.45, 2.75) is 13.8 Å². The van der Waals surface area contributed by atoms with Crippen LogP contribution in [0.5, 0.6) is 0 Å². The van der Waals surface area contributed by atoms with Crippen molar-refractivity contribution < 1.29 is 9.59 Å². The number of anilines is 2. The van der Waals surface area contributed by atoms with Gasteiger partial charge in [-0.3, -0.25) is 9.59 Å². The van der Waals surface area contributed by atoms with Gasteiger partial charge in [-0.1, -0.05) is 28.1 Å². The van der Waals surface area contributed by atoms with Gasteiger partial charge in [-0.25, -0.2) is 0 Å². The van der Waals surface area contributed by atoms with Crippen molar-refractivity contribution in [3.8, 4) is 6.07 Å². The Bertz CT molecular complexity index is 898. The summed E-state index contributed by atoms with van der Waals surface area (Å²) in [6.07, 6.45) is 1.35. The van der Waals surface area contributed by atoms with Crippen LogP contribution in [0.1, 0.15) is 22.8 Å². The first-order chi connectivity index (χ1) is 11.9. The summed E-state index contributed by atoms with van der Waals surface area (Å²) in [5.74, 6) is -0.649. The van der Waals surface area contributed by atoms with E-state index >= 15 is 0 Å². The molecule has 126 valence electrons. The number of halogens is 1. The van der Waals surface area contributed by atoms with Crippen LogP contribution >= 0.6 is 15.9 Å². The third kappa shape index (κ3) is 5.03. The maximum absolute atomic E-state index is 12.2. The summed E-state index contributed by atoms with van der Waals surface area (Å²) in [7, 11) is 0. The number of aryl methyl sites for hydroxylation is 1. The lowest BCUT2D eigenvalue weighted by atomic mass is 10.1. The van der Waals surface area contributed by atoms with Crippen molar-refractivity contribution in [3.63, 3.8) is 0 Å². The predicted molar refractivity (Wildman–Crippen MR) is 101 cm³/mol. The fraction of sp³-hybridized carbons (Fsp3) is 0.105. The van der Waals surface area contributed by atoms with E-state index in [0.717, 1.165) is 15.7 Å². The van der Waals surface area contributed by atoms with Crippen LogP contribution in [0.2, 0.25) is 0 Å². The molecule has 0 aliphatic carbocycles. The summed E-state index contributed by atoms with van der Waals surface area (Å²) >= 11 is 3.42. The maximum Gasteiger partial charge on any atom is 0.267 e. The first kappa shape index (κ1) is 18.4. The molecular formula is C19H16BrN3O2. The van der Waals surface area contributed by atoms with Crippen LogP contribution in [-0.4, -0.2) is 11.7 Å². The zero-order valence-corrected chi connectivity index (χ0v) is 15.3. The maximum atomic E-state index is 12.2. The van der Waals surface area contributed by atoms with Crippen molar-refractivity contribution in [1.29, 1.82) is 5.26 Å². The van der Waals surface area contributed by atoms with Crippen molar-refractivity contribution in [3.05, 3.63) is 69.8 Å². The van der Waals surface area contributed by atoms with E-state index in [0.29, 0.717) is 11.3 Å². The molecule has 0 saturated heterocycles. The zero-order chi connectivity index (χ0) is 18.4. The van der Waals surface area contributed by atoms with E-state index in [9.17, 15) is 14.9 Å². The van der Waals surface area contributed by atoms with Crippen molar-refractivity contribution in [1.82, 2.24) is 0 Å². The van der Waals surface area contributed by atoms with Gasteiger partial charge in [0.25, 0.3) is 5.91 Å². The number of carbonyl (C=O) groups is 2. The fourth-order valence-corrected chi connectivity index (χ4v) is 2.30. The lowest BCUT2D eigenvalue weighted by molar-refractivity contribution is -0.112. The minimum absolute atomic E-state index is 0.0752. The van der Waals surface area contributed by atoms with E-state index in [1.807, 2.05) is 31.2 Å². The molecule has 0 radical (unpaired) electrons. The number of rotatable bonds is 5. The van der Waals surface area contributed by atoms with E-state index in [1.54, 1.807) is 24.3 Å². The Kier molecular flexibility index (Phi) is 6.09. The molecule has 0 fully saturated rings. The van der Waals surface area contributed by atoms with Crippen LogP contribution < -0.4 is 10.6 Å². The second kappa shape index (κ2) is 8.27. The lowest BCUT2D eigenvalue weighted by Gasteiger charge is -2.07. The van der Waals surface area contributed by atoms with Gasteiger partial charge in [-0.15, -0.1) is 0 Å². The predicted octanol–water partition coefficient (Wildman–Crippen LogP) is 4.42. The number of nitrogens with zero attached hydrogens (tertiary/aromatic N) is 1. The van der Waals surface area contributed by atoms with Crippen LogP contribution in [0.25, 0.3) is 0 Å². The quantitative estimate of drug-likeness (QED) is 0.444. The molecule has 0 unspecified atom stereocenters. The van der Waals surface area contributed by atoms with E-state index < -0.39 is 5.91 Å². The number of hydrogen-bond donors (Lipinski definition) is 2. The molecule has 0 heterocycles. The molecule has 5 nitrogen and oxygen atoms in total. The van der Waals surface area contributed by atoms with Gasteiger partial charge in [0, 0.05) is 27.6 Å². The smallest absolute Gasteiger partial charge is 0.267 e. The Balaban J connectivity index is 2.12.